The highest BCUT2D eigenvalue weighted by Crippen LogP contribution is 2.14. The van der Waals surface area contributed by atoms with Crippen molar-refractivity contribution in [3.63, 3.8) is 0 Å². The van der Waals surface area contributed by atoms with Crippen LogP contribution in [0.3, 0.4) is 0 Å². The summed E-state index contributed by atoms with van der Waals surface area (Å²) < 4.78 is 13.1. The Morgan fingerprint density at radius 3 is 2.53 bits per heavy atom. The molecule has 1 aromatic carbocycles. The summed E-state index contributed by atoms with van der Waals surface area (Å²) in [6.45, 7) is 0. The summed E-state index contributed by atoms with van der Waals surface area (Å²) in [4.78, 5) is 10.9. The van der Waals surface area contributed by atoms with Crippen LogP contribution >= 0.6 is 0 Å². The lowest BCUT2D eigenvalue weighted by Crippen LogP contribution is -2.11. The lowest BCUT2D eigenvalue weighted by atomic mass is 10.2. The van der Waals surface area contributed by atoms with Crippen molar-refractivity contribution in [1.82, 2.24) is 0 Å². The van der Waals surface area contributed by atoms with E-state index in [9.17, 15) is 9.18 Å². The standard InChI is InChI=1S/C11H7FN4O/c12-9-1-8(11(15)17)2-10(3-9)16-6-7(4-13)5-14/h1-3,6,16H,(H2,15,17). The Labute approximate surface area is 96.6 Å². The third-order valence-electron chi connectivity index (χ3n) is 1.81. The molecule has 1 rings (SSSR count). The normalized spacial score (nSPS) is 8.65. The molecule has 0 bridgehead atoms. The summed E-state index contributed by atoms with van der Waals surface area (Å²) in [6.07, 6.45) is 1.11. The Balaban J connectivity index is 3.02. The fraction of sp³-hybridized carbons (Fsp3) is 0. The fourth-order valence-electron chi connectivity index (χ4n) is 1.06. The molecular weight excluding hydrogens is 223 g/mol. The number of nitrogens with two attached hydrogens (primary N) is 1. The van der Waals surface area contributed by atoms with Crippen LogP contribution in [-0.4, -0.2) is 5.91 Å². The molecule has 0 saturated heterocycles. The van der Waals surface area contributed by atoms with Gasteiger partial charge in [-0.2, -0.15) is 10.5 Å². The molecule has 5 nitrogen and oxygen atoms in total. The smallest absolute Gasteiger partial charge is 0.248 e. The van der Waals surface area contributed by atoms with Gasteiger partial charge in [0.1, 0.15) is 23.5 Å². The van der Waals surface area contributed by atoms with E-state index in [4.69, 9.17) is 16.3 Å². The number of amides is 1. The number of rotatable bonds is 3. The van der Waals surface area contributed by atoms with Gasteiger partial charge in [0.15, 0.2) is 0 Å². The van der Waals surface area contributed by atoms with E-state index in [0.29, 0.717) is 0 Å². The van der Waals surface area contributed by atoms with E-state index in [-0.39, 0.29) is 16.8 Å². The first-order valence-corrected chi connectivity index (χ1v) is 4.44. The highest BCUT2D eigenvalue weighted by molar-refractivity contribution is 5.93. The first-order valence-electron chi connectivity index (χ1n) is 4.44. The summed E-state index contributed by atoms with van der Waals surface area (Å²) in [7, 11) is 0. The second kappa shape index (κ2) is 5.29. The Hall–Kier alpha value is -2.86. The highest BCUT2D eigenvalue weighted by Gasteiger charge is 2.04. The summed E-state index contributed by atoms with van der Waals surface area (Å²) >= 11 is 0. The van der Waals surface area contributed by atoms with Gasteiger partial charge in [-0.25, -0.2) is 4.39 Å². The molecule has 84 valence electrons. The Bertz CT molecular complexity index is 550. The molecule has 0 aromatic heterocycles. The number of primary amides is 1. The van der Waals surface area contributed by atoms with Crippen LogP contribution < -0.4 is 11.1 Å². The number of hydrogen-bond acceptors (Lipinski definition) is 4. The molecule has 17 heavy (non-hydrogen) atoms. The van der Waals surface area contributed by atoms with Crippen LogP contribution in [0, 0.1) is 28.5 Å². The van der Waals surface area contributed by atoms with E-state index in [1.807, 2.05) is 0 Å². The minimum absolute atomic E-state index is 0.00337. The molecule has 1 aromatic rings. The molecule has 0 aliphatic heterocycles. The average molecular weight is 230 g/mol. The zero-order valence-corrected chi connectivity index (χ0v) is 8.57. The van der Waals surface area contributed by atoms with Crippen LogP contribution in [0.1, 0.15) is 10.4 Å². The lowest BCUT2D eigenvalue weighted by Gasteiger charge is -2.03. The van der Waals surface area contributed by atoms with Crippen molar-refractivity contribution in [3.05, 3.63) is 41.4 Å². The maximum Gasteiger partial charge on any atom is 0.248 e. The van der Waals surface area contributed by atoms with Gasteiger partial charge in [-0.05, 0) is 18.2 Å². The average Bonchev–Trinajstić information content (AvgIpc) is 2.29. The van der Waals surface area contributed by atoms with Crippen molar-refractivity contribution in [2.75, 3.05) is 5.32 Å². The van der Waals surface area contributed by atoms with Gasteiger partial charge in [0.25, 0.3) is 0 Å². The van der Waals surface area contributed by atoms with Crippen LogP contribution in [0.15, 0.2) is 30.0 Å². The van der Waals surface area contributed by atoms with Crippen LogP contribution in [0.4, 0.5) is 10.1 Å². The van der Waals surface area contributed by atoms with Gasteiger partial charge in [-0.3, -0.25) is 4.79 Å². The number of carbonyl (C=O) groups is 1. The van der Waals surface area contributed by atoms with E-state index in [2.05, 4.69) is 5.32 Å². The number of anilines is 1. The minimum atomic E-state index is -0.766. The first kappa shape index (κ1) is 12.2. The Morgan fingerprint density at radius 2 is 2.00 bits per heavy atom. The Morgan fingerprint density at radius 1 is 1.35 bits per heavy atom. The molecule has 1 amide bonds. The van der Waals surface area contributed by atoms with Gasteiger partial charge in [0.05, 0.1) is 0 Å². The van der Waals surface area contributed by atoms with Gasteiger partial charge in [-0.15, -0.1) is 0 Å². The number of nitrogens with one attached hydrogen (secondary N) is 1. The van der Waals surface area contributed by atoms with E-state index in [0.717, 1.165) is 18.3 Å². The summed E-state index contributed by atoms with van der Waals surface area (Å²) in [5.41, 5.74) is 5.06. The molecule has 0 unspecified atom stereocenters. The van der Waals surface area contributed by atoms with Crippen molar-refractivity contribution in [3.8, 4) is 12.1 Å². The SMILES string of the molecule is N#CC(C#N)=CNc1cc(F)cc(C(N)=O)c1. The number of hydrogen-bond donors (Lipinski definition) is 2. The first-order chi connectivity index (χ1) is 8.06. The lowest BCUT2D eigenvalue weighted by molar-refractivity contribution is 0.1000. The zero-order chi connectivity index (χ0) is 12.8. The van der Waals surface area contributed by atoms with Crippen LogP contribution in [-0.2, 0) is 0 Å². The molecule has 0 radical (unpaired) electrons. The van der Waals surface area contributed by atoms with Crippen molar-refractivity contribution in [1.29, 1.82) is 10.5 Å². The van der Waals surface area contributed by atoms with E-state index in [1.54, 1.807) is 12.1 Å². The summed E-state index contributed by atoms with van der Waals surface area (Å²) in [5.74, 6) is -1.41. The molecule has 0 spiro atoms. The molecule has 3 N–H and O–H groups in total. The van der Waals surface area contributed by atoms with Crippen LogP contribution in [0.25, 0.3) is 0 Å². The molecule has 0 aliphatic carbocycles. The van der Waals surface area contributed by atoms with Crippen molar-refractivity contribution in [2.45, 2.75) is 0 Å². The highest BCUT2D eigenvalue weighted by atomic mass is 19.1. The quantitative estimate of drug-likeness (QED) is 0.763. The molecule has 0 atom stereocenters. The molecule has 0 aliphatic rings. The molecule has 0 fully saturated rings. The second-order valence-corrected chi connectivity index (χ2v) is 3.02. The predicted octanol–water partition coefficient (Wildman–Crippen LogP) is 1.27. The van der Waals surface area contributed by atoms with Gasteiger partial charge < -0.3 is 11.1 Å². The molecule has 0 saturated carbocycles. The van der Waals surface area contributed by atoms with E-state index < -0.39 is 11.7 Å². The third kappa shape index (κ3) is 3.33. The zero-order valence-electron chi connectivity index (χ0n) is 8.57. The molecule has 6 heteroatoms. The number of allylic oxidation sites excluding steroid dienone is 1. The van der Waals surface area contributed by atoms with Crippen molar-refractivity contribution >= 4 is 11.6 Å². The molecule has 0 heterocycles. The number of nitriles is 2. The Kier molecular flexibility index (Phi) is 3.80. The van der Waals surface area contributed by atoms with Gasteiger partial charge in [-0.1, -0.05) is 0 Å². The number of halogens is 1. The summed E-state index contributed by atoms with van der Waals surface area (Å²) in [6, 6.07) is 6.67. The number of carbonyl (C=O) groups excluding carboxylic acids is 1. The van der Waals surface area contributed by atoms with Gasteiger partial charge >= 0.3 is 0 Å². The second-order valence-electron chi connectivity index (χ2n) is 3.02. The largest absolute Gasteiger partial charge is 0.366 e. The van der Waals surface area contributed by atoms with Gasteiger partial charge in [0.2, 0.25) is 5.91 Å². The van der Waals surface area contributed by atoms with Crippen LogP contribution in [0.5, 0.6) is 0 Å². The van der Waals surface area contributed by atoms with E-state index in [1.165, 1.54) is 6.07 Å². The predicted molar refractivity (Wildman–Crippen MR) is 57.8 cm³/mol. The minimum Gasteiger partial charge on any atom is -0.366 e. The number of nitrogens with zero attached hydrogens (tertiary/aromatic N) is 2. The summed E-state index contributed by atoms with van der Waals surface area (Å²) in [5, 5.41) is 19.5. The maximum atomic E-state index is 13.1. The van der Waals surface area contributed by atoms with Crippen molar-refractivity contribution in [2.24, 2.45) is 5.73 Å². The monoisotopic (exact) mass is 230 g/mol. The third-order valence-corrected chi connectivity index (χ3v) is 1.81. The van der Waals surface area contributed by atoms with E-state index >= 15 is 0 Å². The number of benzene rings is 1. The van der Waals surface area contributed by atoms with Crippen molar-refractivity contribution < 1.29 is 9.18 Å². The topological polar surface area (TPSA) is 103 Å². The maximum absolute atomic E-state index is 13.1. The fourth-order valence-corrected chi connectivity index (χ4v) is 1.06. The van der Waals surface area contributed by atoms with Gasteiger partial charge in [0, 0.05) is 17.5 Å². The van der Waals surface area contributed by atoms with Crippen LogP contribution in [0.2, 0.25) is 0 Å². The molecular formula is C11H7FN4O.